The average molecular weight is 306 g/mol. The number of hydrogen-bond donors (Lipinski definition) is 2. The van der Waals surface area contributed by atoms with Gasteiger partial charge in [0.15, 0.2) is 11.5 Å². The maximum Gasteiger partial charge on any atom is 0.237 e. The van der Waals surface area contributed by atoms with E-state index in [0.717, 1.165) is 24.9 Å². The van der Waals surface area contributed by atoms with Gasteiger partial charge in [0, 0.05) is 6.54 Å². The van der Waals surface area contributed by atoms with E-state index in [2.05, 4.69) is 24.5 Å². The van der Waals surface area contributed by atoms with Gasteiger partial charge in [-0.05, 0) is 42.5 Å². The fourth-order valence-corrected chi connectivity index (χ4v) is 2.94. The van der Waals surface area contributed by atoms with Gasteiger partial charge in [-0.3, -0.25) is 4.79 Å². The van der Waals surface area contributed by atoms with Crippen molar-refractivity contribution in [2.75, 3.05) is 20.8 Å². The van der Waals surface area contributed by atoms with Crippen molar-refractivity contribution in [2.24, 2.45) is 5.41 Å². The number of carbonyl (C=O) groups is 1. The van der Waals surface area contributed by atoms with Gasteiger partial charge < -0.3 is 20.1 Å². The minimum absolute atomic E-state index is 0.0140. The second kappa shape index (κ2) is 7.01. The molecule has 5 heteroatoms. The van der Waals surface area contributed by atoms with E-state index in [1.54, 1.807) is 14.2 Å². The van der Waals surface area contributed by atoms with Crippen LogP contribution in [0.25, 0.3) is 0 Å². The van der Waals surface area contributed by atoms with Gasteiger partial charge in [-0.25, -0.2) is 0 Å². The molecular weight excluding hydrogens is 280 g/mol. The average Bonchev–Trinajstić information content (AvgIpc) is 2.51. The number of rotatable bonds is 5. The molecule has 22 heavy (non-hydrogen) atoms. The molecule has 5 nitrogen and oxygen atoms in total. The third kappa shape index (κ3) is 3.71. The Balaban J connectivity index is 1.99. The molecule has 1 atom stereocenters. The van der Waals surface area contributed by atoms with Gasteiger partial charge in [0.25, 0.3) is 0 Å². The summed E-state index contributed by atoms with van der Waals surface area (Å²) < 4.78 is 10.5. The standard InChI is InChI=1S/C17H26N2O3/c1-17(2)8-5-9-18-15(17)16(20)19-11-12-6-7-13(21-3)14(10-12)22-4/h6-7,10,15,18H,5,8-9,11H2,1-4H3,(H,19,20). The van der Waals surface area contributed by atoms with Gasteiger partial charge in [-0.2, -0.15) is 0 Å². The molecule has 2 N–H and O–H groups in total. The number of piperidine rings is 1. The zero-order chi connectivity index (χ0) is 16.2. The smallest absolute Gasteiger partial charge is 0.237 e. The molecule has 1 aromatic rings. The molecule has 0 radical (unpaired) electrons. The van der Waals surface area contributed by atoms with E-state index in [0.29, 0.717) is 18.0 Å². The van der Waals surface area contributed by atoms with Gasteiger partial charge in [-0.1, -0.05) is 19.9 Å². The Bertz CT molecular complexity index is 529. The monoisotopic (exact) mass is 306 g/mol. The first-order valence-electron chi connectivity index (χ1n) is 7.70. The first-order chi connectivity index (χ1) is 10.5. The van der Waals surface area contributed by atoms with Crippen molar-refractivity contribution in [3.05, 3.63) is 23.8 Å². The molecular formula is C17H26N2O3. The number of nitrogens with one attached hydrogen (secondary N) is 2. The zero-order valence-corrected chi connectivity index (χ0v) is 13.9. The summed E-state index contributed by atoms with van der Waals surface area (Å²) in [7, 11) is 3.21. The van der Waals surface area contributed by atoms with Gasteiger partial charge in [0.1, 0.15) is 0 Å². The highest BCUT2D eigenvalue weighted by molar-refractivity contribution is 5.82. The molecule has 1 aliphatic rings. The fraction of sp³-hybridized carbons (Fsp3) is 0.588. The Hall–Kier alpha value is -1.75. The summed E-state index contributed by atoms with van der Waals surface area (Å²) in [5.41, 5.74) is 0.972. The summed E-state index contributed by atoms with van der Waals surface area (Å²) >= 11 is 0. The van der Waals surface area contributed by atoms with Crippen molar-refractivity contribution in [3.63, 3.8) is 0 Å². The van der Waals surface area contributed by atoms with Crippen LogP contribution in [-0.2, 0) is 11.3 Å². The summed E-state index contributed by atoms with van der Waals surface area (Å²) in [6.07, 6.45) is 2.18. The molecule has 1 heterocycles. The van der Waals surface area contributed by atoms with Crippen molar-refractivity contribution < 1.29 is 14.3 Å². The van der Waals surface area contributed by atoms with Gasteiger partial charge in [-0.15, -0.1) is 0 Å². The van der Waals surface area contributed by atoms with Crippen LogP contribution in [0.15, 0.2) is 18.2 Å². The summed E-state index contributed by atoms with van der Waals surface area (Å²) in [6.45, 7) is 5.66. The number of carbonyl (C=O) groups excluding carboxylic acids is 1. The van der Waals surface area contributed by atoms with E-state index in [1.165, 1.54) is 0 Å². The number of ether oxygens (including phenoxy) is 2. The van der Waals surface area contributed by atoms with Crippen molar-refractivity contribution in [2.45, 2.75) is 39.3 Å². The maximum absolute atomic E-state index is 12.4. The summed E-state index contributed by atoms with van der Waals surface area (Å²) in [6, 6.07) is 5.53. The Kier molecular flexibility index (Phi) is 5.29. The molecule has 1 saturated heterocycles. The first kappa shape index (κ1) is 16.6. The molecule has 0 saturated carbocycles. The third-order valence-electron chi connectivity index (χ3n) is 4.30. The minimum atomic E-state index is -0.138. The summed E-state index contributed by atoms with van der Waals surface area (Å²) in [5, 5.41) is 6.34. The van der Waals surface area contributed by atoms with Crippen LogP contribution in [0.3, 0.4) is 0 Å². The molecule has 1 fully saturated rings. The van der Waals surface area contributed by atoms with Crippen molar-refractivity contribution in [3.8, 4) is 11.5 Å². The normalized spacial score (nSPS) is 20.3. The third-order valence-corrected chi connectivity index (χ3v) is 4.30. The highest BCUT2D eigenvalue weighted by Crippen LogP contribution is 2.30. The molecule has 0 spiro atoms. The molecule has 122 valence electrons. The van der Waals surface area contributed by atoms with Crippen molar-refractivity contribution in [1.29, 1.82) is 0 Å². The Morgan fingerprint density at radius 1 is 1.32 bits per heavy atom. The van der Waals surface area contributed by atoms with Crippen LogP contribution in [0.5, 0.6) is 11.5 Å². The number of amides is 1. The summed E-state index contributed by atoms with van der Waals surface area (Å²) in [4.78, 5) is 12.4. The van der Waals surface area contributed by atoms with E-state index in [9.17, 15) is 4.79 Å². The lowest BCUT2D eigenvalue weighted by Gasteiger charge is -2.38. The van der Waals surface area contributed by atoms with Crippen LogP contribution in [0.2, 0.25) is 0 Å². The van der Waals surface area contributed by atoms with E-state index in [1.807, 2.05) is 18.2 Å². The summed E-state index contributed by atoms with van der Waals surface area (Å²) in [5.74, 6) is 1.41. The molecule has 0 aliphatic carbocycles. The number of hydrogen-bond acceptors (Lipinski definition) is 4. The second-order valence-corrected chi connectivity index (χ2v) is 6.39. The molecule has 2 rings (SSSR count). The first-order valence-corrected chi connectivity index (χ1v) is 7.70. The molecule has 1 amide bonds. The SMILES string of the molecule is COc1ccc(CNC(=O)C2NCCCC2(C)C)cc1OC. The van der Waals surface area contributed by atoms with Gasteiger partial charge in [0.2, 0.25) is 5.91 Å². The predicted molar refractivity (Wildman–Crippen MR) is 86.2 cm³/mol. The molecule has 1 aromatic carbocycles. The lowest BCUT2D eigenvalue weighted by molar-refractivity contribution is -0.126. The largest absolute Gasteiger partial charge is 0.493 e. The van der Waals surface area contributed by atoms with Gasteiger partial charge >= 0.3 is 0 Å². The topological polar surface area (TPSA) is 59.6 Å². The fourth-order valence-electron chi connectivity index (χ4n) is 2.94. The predicted octanol–water partition coefficient (Wildman–Crippen LogP) is 2.10. The van der Waals surface area contributed by atoms with E-state index >= 15 is 0 Å². The van der Waals surface area contributed by atoms with Crippen LogP contribution in [0.4, 0.5) is 0 Å². The maximum atomic E-state index is 12.4. The zero-order valence-electron chi connectivity index (χ0n) is 13.9. The van der Waals surface area contributed by atoms with Crippen molar-refractivity contribution >= 4 is 5.91 Å². The lowest BCUT2D eigenvalue weighted by Crippen LogP contribution is -2.55. The van der Waals surface area contributed by atoms with Crippen molar-refractivity contribution in [1.82, 2.24) is 10.6 Å². The quantitative estimate of drug-likeness (QED) is 0.874. The number of benzene rings is 1. The van der Waals surface area contributed by atoms with Crippen LogP contribution in [-0.4, -0.2) is 32.7 Å². The highest BCUT2D eigenvalue weighted by Gasteiger charge is 2.36. The lowest BCUT2D eigenvalue weighted by atomic mass is 9.77. The Labute approximate surface area is 132 Å². The Morgan fingerprint density at radius 2 is 2.05 bits per heavy atom. The highest BCUT2D eigenvalue weighted by atomic mass is 16.5. The molecule has 1 aliphatic heterocycles. The van der Waals surface area contributed by atoms with E-state index in [4.69, 9.17) is 9.47 Å². The Morgan fingerprint density at radius 3 is 2.68 bits per heavy atom. The van der Waals surface area contributed by atoms with Crippen LogP contribution in [0.1, 0.15) is 32.3 Å². The van der Waals surface area contributed by atoms with E-state index in [-0.39, 0.29) is 17.4 Å². The molecule has 1 unspecified atom stereocenters. The van der Waals surface area contributed by atoms with E-state index < -0.39 is 0 Å². The van der Waals surface area contributed by atoms with Gasteiger partial charge in [0.05, 0.1) is 20.3 Å². The molecule has 0 bridgehead atoms. The number of methoxy groups -OCH3 is 2. The van der Waals surface area contributed by atoms with Crippen LogP contribution >= 0.6 is 0 Å². The van der Waals surface area contributed by atoms with Crippen LogP contribution < -0.4 is 20.1 Å². The van der Waals surface area contributed by atoms with Crippen LogP contribution in [0, 0.1) is 5.41 Å². The minimum Gasteiger partial charge on any atom is -0.493 e. The second-order valence-electron chi connectivity index (χ2n) is 6.39. The molecule has 0 aromatic heterocycles.